The second-order valence-corrected chi connectivity index (χ2v) is 7.07. The van der Waals surface area contributed by atoms with Gasteiger partial charge in [-0.3, -0.25) is 9.78 Å². The lowest BCUT2D eigenvalue weighted by molar-refractivity contribution is -0.129. The quantitative estimate of drug-likeness (QED) is 0.908. The zero-order chi connectivity index (χ0) is 17.4. The van der Waals surface area contributed by atoms with Crippen LogP contribution in [0.1, 0.15) is 42.1 Å². The van der Waals surface area contributed by atoms with Crippen LogP contribution in [0.5, 0.6) is 0 Å². The summed E-state index contributed by atoms with van der Waals surface area (Å²) in [7, 11) is 0. The van der Waals surface area contributed by atoms with Crippen LogP contribution in [0.25, 0.3) is 0 Å². The number of rotatable bonds is 5. The van der Waals surface area contributed by atoms with Crippen molar-refractivity contribution < 1.29 is 4.79 Å². The maximum atomic E-state index is 12.6. The number of carbonyl (C=O) groups excluding carboxylic acids is 1. The summed E-state index contributed by atoms with van der Waals surface area (Å²) in [6, 6.07) is 4.51. The van der Waals surface area contributed by atoms with Gasteiger partial charge in [0.2, 0.25) is 11.9 Å². The molecule has 0 spiro atoms. The largest absolute Gasteiger partial charge is 0.354 e. The molecule has 3 heterocycles. The zero-order valence-electron chi connectivity index (χ0n) is 14.6. The highest BCUT2D eigenvalue weighted by Crippen LogP contribution is 2.44. The third kappa shape index (κ3) is 3.21. The van der Waals surface area contributed by atoms with E-state index in [1.807, 2.05) is 32.3 Å². The van der Waals surface area contributed by atoms with E-state index in [1.165, 1.54) is 0 Å². The lowest BCUT2D eigenvalue weighted by atomic mass is 9.94. The zero-order valence-corrected chi connectivity index (χ0v) is 14.6. The van der Waals surface area contributed by atoms with E-state index in [2.05, 4.69) is 31.2 Å². The lowest BCUT2D eigenvalue weighted by Crippen LogP contribution is -2.32. The monoisotopic (exact) mass is 337 g/mol. The molecule has 6 nitrogen and oxygen atoms in total. The summed E-state index contributed by atoms with van der Waals surface area (Å²) < 4.78 is 0. The molecule has 1 aliphatic heterocycles. The van der Waals surface area contributed by atoms with Crippen LogP contribution in [0.15, 0.2) is 30.7 Å². The number of aromatic nitrogens is 3. The number of carbonyl (C=O) groups is 1. The second-order valence-electron chi connectivity index (χ2n) is 7.07. The van der Waals surface area contributed by atoms with Crippen LogP contribution in [0.2, 0.25) is 0 Å². The number of anilines is 1. The summed E-state index contributed by atoms with van der Waals surface area (Å²) in [5.41, 5.74) is 3.17. The van der Waals surface area contributed by atoms with Gasteiger partial charge in [-0.15, -0.1) is 0 Å². The van der Waals surface area contributed by atoms with Gasteiger partial charge in [0, 0.05) is 49.2 Å². The Kier molecular flexibility index (Phi) is 4.11. The highest BCUT2D eigenvalue weighted by atomic mass is 16.2. The van der Waals surface area contributed by atoms with Crippen molar-refractivity contribution in [2.75, 3.05) is 11.9 Å². The first-order valence-corrected chi connectivity index (χ1v) is 8.88. The van der Waals surface area contributed by atoms with E-state index in [4.69, 9.17) is 0 Å². The van der Waals surface area contributed by atoms with Crippen LogP contribution >= 0.6 is 0 Å². The van der Waals surface area contributed by atoms with Crippen LogP contribution in [0.4, 0.5) is 5.95 Å². The third-order valence-corrected chi connectivity index (χ3v) is 5.18. The Balaban J connectivity index is 1.54. The smallest absolute Gasteiger partial charge is 0.223 e. The number of likely N-dealkylation sites (tertiary alicyclic amines) is 1. The SMILES string of the molecule is Cc1cnc(NC[C@@H]2CC(=O)N(C3CC3)[C@H]2c2cccnc2)nc1C. The topological polar surface area (TPSA) is 71.0 Å². The fraction of sp³-hybridized carbons (Fsp3) is 0.474. The Hall–Kier alpha value is -2.50. The molecule has 4 rings (SSSR count). The number of amides is 1. The van der Waals surface area contributed by atoms with Crippen molar-refractivity contribution in [2.24, 2.45) is 5.92 Å². The number of pyridine rings is 1. The molecule has 130 valence electrons. The molecule has 2 aliphatic rings. The van der Waals surface area contributed by atoms with Gasteiger partial charge >= 0.3 is 0 Å². The van der Waals surface area contributed by atoms with E-state index >= 15 is 0 Å². The highest BCUT2D eigenvalue weighted by Gasteiger charge is 2.47. The first-order chi connectivity index (χ1) is 12.1. The standard InChI is InChI=1S/C19H23N5O/c1-12-9-21-19(23-13(12)2)22-11-15-8-17(25)24(16-5-6-16)18(15)14-4-3-7-20-10-14/h3-4,7,9-10,15-16,18H,5-6,8,11H2,1-2H3,(H,21,22,23)/t15-,18-/m0/s1. The average Bonchev–Trinajstić information content (AvgIpc) is 3.40. The summed E-state index contributed by atoms with van der Waals surface area (Å²) in [5.74, 6) is 1.08. The normalized spacial score (nSPS) is 23.1. The highest BCUT2D eigenvalue weighted by molar-refractivity contribution is 5.80. The molecule has 0 unspecified atom stereocenters. The van der Waals surface area contributed by atoms with E-state index in [0.717, 1.165) is 29.7 Å². The van der Waals surface area contributed by atoms with Gasteiger partial charge in [-0.1, -0.05) is 6.07 Å². The molecule has 0 aromatic carbocycles. The molecule has 2 fully saturated rings. The predicted octanol–water partition coefficient (Wildman–Crippen LogP) is 2.65. The van der Waals surface area contributed by atoms with Gasteiger partial charge in [-0.2, -0.15) is 0 Å². The minimum absolute atomic E-state index is 0.0905. The molecule has 1 saturated carbocycles. The van der Waals surface area contributed by atoms with Gasteiger partial charge in [0.25, 0.3) is 0 Å². The van der Waals surface area contributed by atoms with Gasteiger partial charge in [-0.05, 0) is 43.9 Å². The average molecular weight is 337 g/mol. The molecule has 0 radical (unpaired) electrons. The van der Waals surface area contributed by atoms with Crippen molar-refractivity contribution in [3.63, 3.8) is 0 Å². The molecule has 1 N–H and O–H groups in total. The number of nitrogens with zero attached hydrogens (tertiary/aromatic N) is 4. The van der Waals surface area contributed by atoms with Gasteiger partial charge in [-0.25, -0.2) is 9.97 Å². The third-order valence-electron chi connectivity index (χ3n) is 5.18. The maximum Gasteiger partial charge on any atom is 0.223 e. The number of nitrogens with one attached hydrogen (secondary N) is 1. The molecule has 6 heteroatoms. The summed E-state index contributed by atoms with van der Waals surface area (Å²) in [4.78, 5) is 27.8. The van der Waals surface area contributed by atoms with Crippen LogP contribution in [-0.2, 0) is 4.79 Å². The molecular weight excluding hydrogens is 314 g/mol. The van der Waals surface area contributed by atoms with Crippen LogP contribution in [0.3, 0.4) is 0 Å². The van der Waals surface area contributed by atoms with Crippen molar-refractivity contribution in [2.45, 2.75) is 45.2 Å². The molecular formula is C19H23N5O. The molecule has 25 heavy (non-hydrogen) atoms. The number of hydrogen-bond donors (Lipinski definition) is 1. The molecule has 2 aromatic rings. The van der Waals surface area contributed by atoms with Gasteiger partial charge in [0.05, 0.1) is 6.04 Å². The van der Waals surface area contributed by atoms with Crippen LogP contribution in [0, 0.1) is 19.8 Å². The molecule has 1 saturated heterocycles. The Morgan fingerprint density at radius 1 is 1.28 bits per heavy atom. The van der Waals surface area contributed by atoms with Crippen LogP contribution in [-0.4, -0.2) is 38.3 Å². The van der Waals surface area contributed by atoms with E-state index in [-0.39, 0.29) is 17.9 Å². The Morgan fingerprint density at radius 3 is 2.80 bits per heavy atom. The Morgan fingerprint density at radius 2 is 2.12 bits per heavy atom. The van der Waals surface area contributed by atoms with Gasteiger partial charge in [0.15, 0.2) is 0 Å². The van der Waals surface area contributed by atoms with Crippen molar-refractivity contribution in [1.29, 1.82) is 0 Å². The Bertz CT molecular complexity index is 775. The first-order valence-electron chi connectivity index (χ1n) is 8.88. The van der Waals surface area contributed by atoms with Crippen molar-refractivity contribution in [3.05, 3.63) is 47.5 Å². The van der Waals surface area contributed by atoms with E-state index < -0.39 is 0 Å². The summed E-state index contributed by atoms with van der Waals surface area (Å²) >= 11 is 0. The number of hydrogen-bond acceptors (Lipinski definition) is 5. The fourth-order valence-electron chi connectivity index (χ4n) is 3.61. The molecule has 0 bridgehead atoms. The van der Waals surface area contributed by atoms with Crippen molar-refractivity contribution in [3.8, 4) is 0 Å². The van der Waals surface area contributed by atoms with E-state index in [9.17, 15) is 4.79 Å². The Labute approximate surface area is 147 Å². The molecule has 2 aromatic heterocycles. The summed E-state index contributed by atoms with van der Waals surface area (Å²) in [5, 5.41) is 3.33. The fourth-order valence-corrected chi connectivity index (χ4v) is 3.61. The van der Waals surface area contributed by atoms with Crippen molar-refractivity contribution in [1.82, 2.24) is 19.9 Å². The summed E-state index contributed by atoms with van der Waals surface area (Å²) in [6.45, 7) is 4.66. The van der Waals surface area contributed by atoms with Crippen molar-refractivity contribution >= 4 is 11.9 Å². The molecule has 2 atom stereocenters. The lowest BCUT2D eigenvalue weighted by Gasteiger charge is -2.28. The maximum absolute atomic E-state index is 12.6. The predicted molar refractivity (Wildman–Crippen MR) is 94.9 cm³/mol. The summed E-state index contributed by atoms with van der Waals surface area (Å²) in [6.07, 6.45) is 8.29. The minimum Gasteiger partial charge on any atom is -0.354 e. The number of aryl methyl sites for hydroxylation is 2. The second kappa shape index (κ2) is 6.43. The molecule has 1 aliphatic carbocycles. The van der Waals surface area contributed by atoms with Crippen LogP contribution < -0.4 is 5.32 Å². The molecule has 1 amide bonds. The first kappa shape index (κ1) is 16.0. The van der Waals surface area contributed by atoms with Gasteiger partial charge < -0.3 is 10.2 Å². The van der Waals surface area contributed by atoms with Gasteiger partial charge in [0.1, 0.15) is 0 Å². The minimum atomic E-state index is 0.0905. The van der Waals surface area contributed by atoms with E-state index in [0.29, 0.717) is 25.0 Å². The van der Waals surface area contributed by atoms with E-state index in [1.54, 1.807) is 6.20 Å².